The molecule has 0 rings (SSSR count). The van der Waals surface area contributed by atoms with Gasteiger partial charge in [-0.3, -0.25) is 4.79 Å². The number of rotatable bonds is 27. The zero-order chi connectivity index (χ0) is 29.0. The van der Waals surface area contributed by atoms with Crippen molar-refractivity contribution in [2.24, 2.45) is 0 Å². The Labute approximate surface area is 239 Å². The maximum atomic E-state index is 12.3. The molecule has 0 saturated carbocycles. The van der Waals surface area contributed by atoms with Crippen molar-refractivity contribution in [2.75, 3.05) is 6.61 Å². The number of hydrogen-bond donors (Lipinski definition) is 5. The van der Waals surface area contributed by atoms with Crippen LogP contribution in [0.4, 0.5) is 0 Å². The first-order valence-electron chi connectivity index (χ1n) is 15.9. The molecule has 0 aromatic heterocycles. The molecule has 0 saturated heterocycles. The molecule has 0 aromatic rings. The molecule has 0 aliphatic rings. The van der Waals surface area contributed by atoms with E-state index in [2.05, 4.69) is 55.6 Å². The lowest BCUT2D eigenvalue weighted by molar-refractivity contribution is -0.132. The zero-order valence-corrected chi connectivity index (χ0v) is 25.1. The van der Waals surface area contributed by atoms with Crippen LogP contribution in [0.15, 0.2) is 36.5 Å². The van der Waals surface area contributed by atoms with Gasteiger partial charge in [0.25, 0.3) is 0 Å². The summed E-state index contributed by atoms with van der Waals surface area (Å²) in [6.07, 6.45) is 28.9. The SMILES string of the molecule is CC/C=C/CC/C=C/CCCC(O)C(O)C(CO)NC(=O)C(O)CCCCCCCC/C=C\CCCCCC. The Hall–Kier alpha value is -1.47. The molecule has 0 aromatic carbocycles. The lowest BCUT2D eigenvalue weighted by Crippen LogP contribution is -2.53. The molecule has 4 atom stereocenters. The van der Waals surface area contributed by atoms with Crippen LogP contribution in [0.3, 0.4) is 0 Å². The standard InChI is InChI=1S/C33H61NO5/c1-3-5-7-9-11-13-14-15-16-17-19-21-23-25-27-31(37)33(39)34-29(28-35)32(38)30(36)26-24-22-20-18-12-10-8-6-4-2/h6,8,13-14,18,20,29-32,35-38H,3-5,7,9-12,15-17,19,21-28H2,1-2H3,(H,34,39)/b8-6+,14-13-,20-18+. The Morgan fingerprint density at radius 1 is 0.641 bits per heavy atom. The van der Waals surface area contributed by atoms with Crippen LogP contribution in [-0.4, -0.2) is 57.3 Å². The second-order valence-electron chi connectivity index (χ2n) is 10.8. The summed E-state index contributed by atoms with van der Waals surface area (Å²) >= 11 is 0. The molecule has 0 radical (unpaired) electrons. The highest BCUT2D eigenvalue weighted by molar-refractivity contribution is 5.80. The second kappa shape index (κ2) is 28.1. The topological polar surface area (TPSA) is 110 Å². The fourth-order valence-electron chi connectivity index (χ4n) is 4.48. The lowest BCUT2D eigenvalue weighted by atomic mass is 10.00. The van der Waals surface area contributed by atoms with Gasteiger partial charge in [-0.1, -0.05) is 102 Å². The first-order chi connectivity index (χ1) is 19.0. The highest BCUT2D eigenvalue weighted by Gasteiger charge is 2.28. The highest BCUT2D eigenvalue weighted by atomic mass is 16.3. The number of carbonyl (C=O) groups is 1. The van der Waals surface area contributed by atoms with Crippen LogP contribution >= 0.6 is 0 Å². The number of nitrogens with one attached hydrogen (secondary N) is 1. The normalized spacial score (nSPS) is 15.3. The van der Waals surface area contributed by atoms with Gasteiger partial charge in [0.1, 0.15) is 12.2 Å². The van der Waals surface area contributed by atoms with Crippen LogP contribution in [-0.2, 0) is 4.79 Å². The van der Waals surface area contributed by atoms with Gasteiger partial charge in [-0.05, 0) is 70.6 Å². The molecule has 6 nitrogen and oxygen atoms in total. The molecule has 39 heavy (non-hydrogen) atoms. The van der Waals surface area contributed by atoms with Crippen molar-refractivity contribution in [1.82, 2.24) is 5.32 Å². The second-order valence-corrected chi connectivity index (χ2v) is 10.8. The summed E-state index contributed by atoms with van der Waals surface area (Å²) in [6.45, 7) is 3.84. The molecule has 0 fully saturated rings. The van der Waals surface area contributed by atoms with E-state index in [1.165, 1.54) is 44.9 Å². The van der Waals surface area contributed by atoms with Gasteiger partial charge in [0.15, 0.2) is 0 Å². The molecule has 6 heteroatoms. The summed E-state index contributed by atoms with van der Waals surface area (Å²) in [7, 11) is 0. The van der Waals surface area contributed by atoms with E-state index in [9.17, 15) is 25.2 Å². The van der Waals surface area contributed by atoms with E-state index in [4.69, 9.17) is 0 Å². The summed E-state index contributed by atoms with van der Waals surface area (Å²) in [6, 6.07) is -1.01. The summed E-state index contributed by atoms with van der Waals surface area (Å²) in [5.74, 6) is -0.609. The minimum Gasteiger partial charge on any atom is -0.394 e. The quantitative estimate of drug-likeness (QED) is 0.0579. The lowest BCUT2D eigenvalue weighted by Gasteiger charge is -2.27. The van der Waals surface area contributed by atoms with Gasteiger partial charge < -0.3 is 25.7 Å². The zero-order valence-electron chi connectivity index (χ0n) is 25.1. The molecule has 0 spiro atoms. The van der Waals surface area contributed by atoms with Gasteiger partial charge in [0.05, 0.1) is 18.8 Å². The van der Waals surface area contributed by atoms with E-state index in [-0.39, 0.29) is 0 Å². The van der Waals surface area contributed by atoms with E-state index < -0.39 is 36.9 Å². The van der Waals surface area contributed by atoms with Crippen molar-refractivity contribution in [3.63, 3.8) is 0 Å². The highest BCUT2D eigenvalue weighted by Crippen LogP contribution is 2.13. The molecule has 4 unspecified atom stereocenters. The molecular formula is C33H61NO5. The predicted octanol–water partition coefficient (Wildman–Crippen LogP) is 6.67. The summed E-state index contributed by atoms with van der Waals surface area (Å²) in [4.78, 5) is 12.3. The van der Waals surface area contributed by atoms with Crippen LogP contribution in [0.1, 0.15) is 136 Å². The van der Waals surface area contributed by atoms with Crippen molar-refractivity contribution in [1.29, 1.82) is 0 Å². The van der Waals surface area contributed by atoms with Gasteiger partial charge >= 0.3 is 0 Å². The molecular weight excluding hydrogens is 490 g/mol. The summed E-state index contributed by atoms with van der Waals surface area (Å²) < 4.78 is 0. The van der Waals surface area contributed by atoms with Crippen molar-refractivity contribution in [3.8, 4) is 0 Å². The molecule has 0 bridgehead atoms. The number of aliphatic hydroxyl groups is 4. The maximum absolute atomic E-state index is 12.3. The van der Waals surface area contributed by atoms with Crippen molar-refractivity contribution >= 4 is 5.91 Å². The van der Waals surface area contributed by atoms with Crippen molar-refractivity contribution in [3.05, 3.63) is 36.5 Å². The number of amides is 1. The Kier molecular flexibility index (Phi) is 27.0. The van der Waals surface area contributed by atoms with Crippen LogP contribution in [0, 0.1) is 0 Å². The average Bonchev–Trinajstić information content (AvgIpc) is 2.94. The fourth-order valence-corrected chi connectivity index (χ4v) is 4.48. The molecule has 228 valence electrons. The minimum absolute atomic E-state index is 0.351. The maximum Gasteiger partial charge on any atom is 0.249 e. The van der Waals surface area contributed by atoms with E-state index >= 15 is 0 Å². The largest absolute Gasteiger partial charge is 0.394 e. The van der Waals surface area contributed by atoms with E-state index in [0.29, 0.717) is 19.3 Å². The molecule has 1 amide bonds. The van der Waals surface area contributed by atoms with E-state index in [0.717, 1.165) is 57.8 Å². The minimum atomic E-state index is -1.29. The fraction of sp³-hybridized carbons (Fsp3) is 0.788. The number of unbranched alkanes of at least 4 members (excludes halogenated alkanes) is 12. The average molecular weight is 552 g/mol. The monoisotopic (exact) mass is 551 g/mol. The van der Waals surface area contributed by atoms with Crippen molar-refractivity contribution < 1.29 is 25.2 Å². The van der Waals surface area contributed by atoms with Gasteiger partial charge in [-0.25, -0.2) is 0 Å². The van der Waals surface area contributed by atoms with Gasteiger partial charge in [0.2, 0.25) is 5.91 Å². The van der Waals surface area contributed by atoms with Crippen molar-refractivity contribution in [2.45, 2.75) is 160 Å². The van der Waals surface area contributed by atoms with Crippen LogP contribution in [0.2, 0.25) is 0 Å². The summed E-state index contributed by atoms with van der Waals surface area (Å²) in [5.41, 5.74) is 0. The first-order valence-corrected chi connectivity index (χ1v) is 15.9. The van der Waals surface area contributed by atoms with E-state index in [1.807, 2.05) is 0 Å². The number of carbonyl (C=O) groups excluding carboxylic acids is 1. The van der Waals surface area contributed by atoms with Gasteiger partial charge in [-0.15, -0.1) is 0 Å². The molecule has 5 N–H and O–H groups in total. The Morgan fingerprint density at radius 2 is 1.15 bits per heavy atom. The third-order valence-corrected chi connectivity index (χ3v) is 7.06. The number of allylic oxidation sites excluding steroid dienone is 6. The van der Waals surface area contributed by atoms with E-state index in [1.54, 1.807) is 0 Å². The Morgan fingerprint density at radius 3 is 1.74 bits per heavy atom. The predicted molar refractivity (Wildman–Crippen MR) is 164 cm³/mol. The number of hydrogen-bond acceptors (Lipinski definition) is 5. The van der Waals surface area contributed by atoms with Gasteiger partial charge in [0, 0.05) is 0 Å². The van der Waals surface area contributed by atoms with Crippen LogP contribution < -0.4 is 5.32 Å². The van der Waals surface area contributed by atoms with Crippen LogP contribution in [0.25, 0.3) is 0 Å². The van der Waals surface area contributed by atoms with Crippen LogP contribution in [0.5, 0.6) is 0 Å². The third kappa shape index (κ3) is 23.0. The summed E-state index contributed by atoms with van der Waals surface area (Å²) in [5, 5.41) is 43.0. The smallest absolute Gasteiger partial charge is 0.249 e. The number of aliphatic hydroxyl groups excluding tert-OH is 4. The first kappa shape index (κ1) is 37.5. The molecule has 0 aliphatic heterocycles. The van der Waals surface area contributed by atoms with Gasteiger partial charge in [-0.2, -0.15) is 0 Å². The Bertz CT molecular complexity index is 634. The third-order valence-electron chi connectivity index (χ3n) is 7.06. The Balaban J connectivity index is 3.95. The molecule has 0 aliphatic carbocycles. The molecule has 0 heterocycles.